The molecule has 1 atom stereocenters. The van der Waals surface area contributed by atoms with Gasteiger partial charge in [0.15, 0.2) is 6.10 Å². The van der Waals surface area contributed by atoms with Gasteiger partial charge in [-0.1, -0.05) is 23.2 Å². The molecular weight excluding hydrogens is 370 g/mol. The van der Waals surface area contributed by atoms with Crippen LogP contribution in [0.2, 0.25) is 10.0 Å². The summed E-state index contributed by atoms with van der Waals surface area (Å²) in [6.45, 7) is 1.59. The van der Waals surface area contributed by atoms with Crippen LogP contribution in [0.3, 0.4) is 0 Å². The Kier molecular flexibility index (Phi) is 5.01. The lowest BCUT2D eigenvalue weighted by Crippen LogP contribution is -2.09. The average Bonchev–Trinajstić information content (AvgIpc) is 3.08. The van der Waals surface area contributed by atoms with Gasteiger partial charge in [0.05, 0.1) is 15.6 Å². The maximum absolute atomic E-state index is 13.0. The van der Waals surface area contributed by atoms with Gasteiger partial charge in [-0.25, -0.2) is 9.18 Å². The van der Waals surface area contributed by atoms with Crippen LogP contribution in [0.5, 0.6) is 0 Å². The molecule has 2 aromatic carbocycles. The SMILES string of the molecule is C[C@H](OC(=O)c1ccc(Cl)c(Cl)c1)c1nnc(-c2ccc(F)cc2)o1. The lowest BCUT2D eigenvalue weighted by atomic mass is 10.2. The first-order chi connectivity index (χ1) is 11.9. The second-order valence-corrected chi connectivity index (χ2v) is 5.94. The monoisotopic (exact) mass is 380 g/mol. The summed E-state index contributed by atoms with van der Waals surface area (Å²) in [5, 5.41) is 8.32. The van der Waals surface area contributed by atoms with E-state index in [1.807, 2.05) is 0 Å². The number of carbonyl (C=O) groups excluding carboxylic acids is 1. The molecule has 0 unspecified atom stereocenters. The van der Waals surface area contributed by atoms with E-state index in [2.05, 4.69) is 10.2 Å². The van der Waals surface area contributed by atoms with Gasteiger partial charge in [0, 0.05) is 5.56 Å². The average molecular weight is 381 g/mol. The molecule has 0 aliphatic heterocycles. The van der Waals surface area contributed by atoms with E-state index in [4.69, 9.17) is 32.4 Å². The fourth-order valence-electron chi connectivity index (χ4n) is 2.01. The van der Waals surface area contributed by atoms with Crippen LogP contribution >= 0.6 is 23.2 Å². The summed E-state index contributed by atoms with van der Waals surface area (Å²) in [4.78, 5) is 12.2. The van der Waals surface area contributed by atoms with Crippen LogP contribution in [0.25, 0.3) is 11.5 Å². The Hall–Kier alpha value is -2.44. The molecule has 5 nitrogen and oxygen atoms in total. The molecule has 3 aromatic rings. The molecule has 0 spiro atoms. The second kappa shape index (κ2) is 7.21. The molecule has 0 fully saturated rings. The lowest BCUT2D eigenvalue weighted by molar-refractivity contribution is 0.0280. The highest BCUT2D eigenvalue weighted by Crippen LogP contribution is 2.26. The van der Waals surface area contributed by atoms with Crippen molar-refractivity contribution in [3.63, 3.8) is 0 Å². The normalized spacial score (nSPS) is 12.0. The smallest absolute Gasteiger partial charge is 0.338 e. The van der Waals surface area contributed by atoms with Gasteiger partial charge in [-0.15, -0.1) is 10.2 Å². The Morgan fingerprint density at radius 1 is 1.12 bits per heavy atom. The van der Waals surface area contributed by atoms with Crippen molar-refractivity contribution in [2.75, 3.05) is 0 Å². The highest BCUT2D eigenvalue weighted by Gasteiger charge is 2.20. The molecule has 0 aliphatic carbocycles. The van der Waals surface area contributed by atoms with E-state index < -0.39 is 12.1 Å². The molecule has 0 aliphatic rings. The number of aromatic nitrogens is 2. The summed E-state index contributed by atoms with van der Waals surface area (Å²) in [5.41, 5.74) is 0.808. The van der Waals surface area contributed by atoms with Gasteiger partial charge in [0.25, 0.3) is 5.89 Å². The van der Waals surface area contributed by atoms with Gasteiger partial charge in [0.2, 0.25) is 5.89 Å². The Morgan fingerprint density at radius 2 is 1.84 bits per heavy atom. The minimum absolute atomic E-state index is 0.118. The van der Waals surface area contributed by atoms with Crippen LogP contribution in [0, 0.1) is 5.82 Å². The molecular formula is C17H11Cl2FN2O3. The summed E-state index contributed by atoms with van der Waals surface area (Å²) in [5.74, 6) is -0.653. The van der Waals surface area contributed by atoms with E-state index in [1.54, 1.807) is 6.92 Å². The Labute approximate surface area is 152 Å². The minimum Gasteiger partial charge on any atom is -0.449 e. The fraction of sp³-hybridized carbons (Fsp3) is 0.118. The third-order valence-corrected chi connectivity index (χ3v) is 4.06. The highest BCUT2D eigenvalue weighted by atomic mass is 35.5. The van der Waals surface area contributed by atoms with Crippen molar-refractivity contribution in [2.45, 2.75) is 13.0 Å². The maximum Gasteiger partial charge on any atom is 0.338 e. The van der Waals surface area contributed by atoms with Crippen LogP contribution in [-0.2, 0) is 4.74 Å². The molecule has 1 aromatic heterocycles. The Balaban J connectivity index is 1.73. The Bertz CT molecular complexity index is 913. The molecule has 0 N–H and O–H groups in total. The summed E-state index contributed by atoms with van der Waals surface area (Å²) in [6, 6.07) is 10.0. The zero-order valence-corrected chi connectivity index (χ0v) is 14.4. The third-order valence-electron chi connectivity index (χ3n) is 3.32. The van der Waals surface area contributed by atoms with Gasteiger partial charge in [0.1, 0.15) is 5.82 Å². The standard InChI is InChI=1S/C17H11Cl2FN2O3/c1-9(24-17(23)11-4-7-13(18)14(19)8-11)15-21-22-16(25-15)10-2-5-12(20)6-3-10/h2-9H,1H3/t9-/m0/s1. The number of nitrogens with zero attached hydrogens (tertiary/aromatic N) is 2. The van der Waals surface area contributed by atoms with Crippen LogP contribution in [0.4, 0.5) is 4.39 Å². The molecule has 0 bridgehead atoms. The van der Waals surface area contributed by atoms with Gasteiger partial charge < -0.3 is 9.15 Å². The van der Waals surface area contributed by atoms with E-state index >= 15 is 0 Å². The Morgan fingerprint density at radius 3 is 2.52 bits per heavy atom. The topological polar surface area (TPSA) is 65.2 Å². The molecule has 1 heterocycles. The first-order valence-corrected chi connectivity index (χ1v) is 7.95. The number of hydrogen-bond donors (Lipinski definition) is 0. The summed E-state index contributed by atoms with van der Waals surface area (Å²) in [6.07, 6.45) is -0.774. The van der Waals surface area contributed by atoms with Gasteiger partial charge in [-0.3, -0.25) is 0 Å². The molecule has 0 amide bonds. The highest BCUT2D eigenvalue weighted by molar-refractivity contribution is 6.42. The van der Waals surface area contributed by atoms with Crippen LogP contribution in [-0.4, -0.2) is 16.2 Å². The van der Waals surface area contributed by atoms with Gasteiger partial charge in [-0.2, -0.15) is 0 Å². The number of halogens is 3. The maximum atomic E-state index is 13.0. The van der Waals surface area contributed by atoms with Gasteiger partial charge >= 0.3 is 5.97 Å². The minimum atomic E-state index is -0.774. The van der Waals surface area contributed by atoms with Crippen molar-refractivity contribution in [1.29, 1.82) is 0 Å². The molecule has 0 saturated heterocycles. The van der Waals surface area contributed by atoms with Crippen molar-refractivity contribution >= 4 is 29.2 Å². The van der Waals surface area contributed by atoms with Crippen molar-refractivity contribution in [2.24, 2.45) is 0 Å². The molecule has 8 heteroatoms. The number of ether oxygens (including phenoxy) is 1. The predicted octanol–water partition coefficient (Wildman–Crippen LogP) is 5.10. The second-order valence-electron chi connectivity index (χ2n) is 5.13. The zero-order chi connectivity index (χ0) is 18.0. The number of hydrogen-bond acceptors (Lipinski definition) is 5. The van der Waals surface area contributed by atoms with Crippen molar-refractivity contribution in [3.8, 4) is 11.5 Å². The van der Waals surface area contributed by atoms with Gasteiger partial charge in [-0.05, 0) is 49.4 Å². The van der Waals surface area contributed by atoms with Crippen LogP contribution < -0.4 is 0 Å². The summed E-state index contributed by atoms with van der Waals surface area (Å²) in [7, 11) is 0. The fourth-order valence-corrected chi connectivity index (χ4v) is 2.31. The van der Waals surface area contributed by atoms with Crippen molar-refractivity contribution in [1.82, 2.24) is 10.2 Å². The quantitative estimate of drug-likeness (QED) is 0.589. The van der Waals surface area contributed by atoms with Crippen LogP contribution in [0.15, 0.2) is 46.9 Å². The number of rotatable bonds is 4. The zero-order valence-electron chi connectivity index (χ0n) is 12.9. The molecule has 128 valence electrons. The third kappa shape index (κ3) is 3.97. The van der Waals surface area contributed by atoms with E-state index in [9.17, 15) is 9.18 Å². The summed E-state index contributed by atoms with van der Waals surface area (Å²) < 4.78 is 23.7. The van der Waals surface area contributed by atoms with E-state index in [-0.39, 0.29) is 28.2 Å². The molecule has 0 radical (unpaired) electrons. The van der Waals surface area contributed by atoms with E-state index in [1.165, 1.54) is 42.5 Å². The van der Waals surface area contributed by atoms with E-state index in [0.29, 0.717) is 10.6 Å². The van der Waals surface area contributed by atoms with Crippen molar-refractivity contribution in [3.05, 3.63) is 69.8 Å². The summed E-state index contributed by atoms with van der Waals surface area (Å²) >= 11 is 11.7. The largest absolute Gasteiger partial charge is 0.449 e. The lowest BCUT2D eigenvalue weighted by Gasteiger charge is -2.09. The first-order valence-electron chi connectivity index (χ1n) is 7.19. The number of esters is 1. The molecule has 0 saturated carbocycles. The number of benzene rings is 2. The van der Waals surface area contributed by atoms with Crippen LogP contribution in [0.1, 0.15) is 29.3 Å². The van der Waals surface area contributed by atoms with Crippen molar-refractivity contribution < 1.29 is 18.3 Å². The van der Waals surface area contributed by atoms with E-state index in [0.717, 1.165) is 0 Å². The first kappa shape index (κ1) is 17.4. The number of carbonyl (C=O) groups is 1. The molecule has 25 heavy (non-hydrogen) atoms. The predicted molar refractivity (Wildman–Crippen MR) is 90.0 cm³/mol. The molecule has 3 rings (SSSR count).